The van der Waals surface area contributed by atoms with Gasteiger partial charge >= 0.3 is 17.9 Å². The smallest absolute Gasteiger partial charge is 0.343 e. The van der Waals surface area contributed by atoms with Crippen molar-refractivity contribution in [3.8, 4) is 62.9 Å². The molecule has 2 unspecified atom stereocenters. The summed E-state index contributed by atoms with van der Waals surface area (Å²) in [6, 6.07) is 2.60. The minimum Gasteiger partial charge on any atom is -0.504 e. The van der Waals surface area contributed by atoms with E-state index in [0.717, 1.165) is 0 Å². The number of ether oxygens (including phenoxy) is 4. The fraction of sp³-hybridized carbons (Fsp3) is 0.222. The highest BCUT2D eigenvalue weighted by molar-refractivity contribution is 6.08. The predicted molar refractivity (Wildman–Crippen MR) is 139 cm³/mol. The first kappa shape index (κ1) is 30.6. The second kappa shape index (κ2) is 11.0. The number of benzene rings is 3. The number of hydrogen-bond donors (Lipinski definition) is 11. The molecule has 0 aromatic heterocycles. The van der Waals surface area contributed by atoms with E-state index >= 15 is 0 Å². The molecule has 3 aromatic carbocycles. The Morgan fingerprint density at radius 2 is 1.11 bits per heavy atom. The number of carbonyl (C=O) groups is 3. The van der Waals surface area contributed by atoms with Gasteiger partial charge in [0.2, 0.25) is 23.9 Å². The van der Waals surface area contributed by atoms with Crippen LogP contribution in [0.3, 0.4) is 0 Å². The maximum absolute atomic E-state index is 13.6. The van der Waals surface area contributed by atoms with Crippen molar-refractivity contribution in [3.05, 3.63) is 41.0 Å². The Hall–Kier alpha value is -5.85. The van der Waals surface area contributed by atoms with Crippen molar-refractivity contribution in [2.45, 2.75) is 30.7 Å². The Morgan fingerprint density at radius 3 is 1.58 bits per heavy atom. The van der Waals surface area contributed by atoms with Gasteiger partial charge in [-0.2, -0.15) is 0 Å². The number of phenols is 9. The summed E-state index contributed by atoms with van der Waals surface area (Å²) in [7, 11) is 0. The lowest BCUT2D eigenvalue weighted by atomic mass is 9.91. The van der Waals surface area contributed by atoms with E-state index in [2.05, 4.69) is 0 Å². The van der Waals surface area contributed by atoms with Crippen LogP contribution in [0.25, 0.3) is 11.1 Å². The monoisotopic (exact) mass is 634 g/mol. The number of carbonyl (C=O) groups excluding carboxylic acids is 3. The van der Waals surface area contributed by atoms with E-state index in [4.69, 9.17) is 18.9 Å². The predicted octanol–water partition coefficient (Wildman–Crippen LogP) is -0.297. The first-order valence-corrected chi connectivity index (χ1v) is 12.5. The molecule has 0 amide bonds. The van der Waals surface area contributed by atoms with Gasteiger partial charge in [0.25, 0.3) is 0 Å². The summed E-state index contributed by atoms with van der Waals surface area (Å²) in [5, 5.41) is 112. The number of phenolic OH excluding ortho intramolecular Hbond substituents is 9. The SMILES string of the molecule is O=C(O[C@H]1O[C@H](CO)[C@@H](O)C2OC(=O)c3c(cc(O)c(O)c3O)-c3cc(O)c(O)c(O)c3C(=O)OC21)c1cc(O)c(O)c(O)c1. The molecule has 18 heteroatoms. The zero-order chi connectivity index (χ0) is 33.1. The standard InChI is InChI=1S/C27H22O18/c28-5-13-19(36)22-23(27(42-13)45-24(39)6-1-9(29)16(33)10(30)2-6)44-26(41)15-8(4-12(32)18(35)21(15)38)7-3-11(31)17(34)20(37)14(7)25(40)43-22/h1-4,13,19,22-23,27-38H,5H2/t13-,19-,22?,23?,27-/m1/s1. The molecule has 238 valence electrons. The van der Waals surface area contributed by atoms with Crippen LogP contribution in [0, 0.1) is 0 Å². The van der Waals surface area contributed by atoms with Crippen molar-refractivity contribution in [1.82, 2.24) is 0 Å². The Balaban J connectivity index is 1.69. The molecule has 0 bridgehead atoms. The van der Waals surface area contributed by atoms with Gasteiger partial charge in [0.15, 0.2) is 46.4 Å². The molecule has 5 atom stereocenters. The Morgan fingerprint density at radius 1 is 0.667 bits per heavy atom. The lowest BCUT2D eigenvalue weighted by molar-refractivity contribution is -0.283. The number of hydrogen-bond acceptors (Lipinski definition) is 18. The molecule has 1 saturated heterocycles. The summed E-state index contributed by atoms with van der Waals surface area (Å²) >= 11 is 0. The van der Waals surface area contributed by atoms with Gasteiger partial charge < -0.3 is 75.1 Å². The van der Waals surface area contributed by atoms with Crippen LogP contribution in [-0.2, 0) is 18.9 Å². The number of esters is 3. The Kier molecular flexibility index (Phi) is 7.49. The van der Waals surface area contributed by atoms with Crippen molar-refractivity contribution in [2.75, 3.05) is 6.61 Å². The molecule has 0 aliphatic carbocycles. The van der Waals surface area contributed by atoms with Gasteiger partial charge in [-0.1, -0.05) is 0 Å². The summed E-state index contributed by atoms with van der Waals surface area (Å²) < 4.78 is 21.2. The van der Waals surface area contributed by atoms with Crippen molar-refractivity contribution >= 4 is 17.9 Å². The van der Waals surface area contributed by atoms with Gasteiger partial charge in [0.05, 0.1) is 12.2 Å². The lowest BCUT2D eigenvalue weighted by Crippen LogP contribution is -2.62. The molecule has 45 heavy (non-hydrogen) atoms. The molecule has 2 aliphatic heterocycles. The average Bonchev–Trinajstić information content (AvgIpc) is 2.99. The van der Waals surface area contributed by atoms with Crippen LogP contribution in [-0.4, -0.2) is 111 Å². The molecule has 2 aliphatic rings. The largest absolute Gasteiger partial charge is 0.504 e. The molecular weight excluding hydrogens is 612 g/mol. The number of rotatable bonds is 3. The van der Waals surface area contributed by atoms with Crippen LogP contribution < -0.4 is 0 Å². The highest BCUT2D eigenvalue weighted by Gasteiger charge is 2.53. The fourth-order valence-corrected chi connectivity index (χ4v) is 4.78. The minimum atomic E-state index is -2.19. The second-order valence-corrected chi connectivity index (χ2v) is 9.76. The van der Waals surface area contributed by atoms with Crippen LogP contribution >= 0.6 is 0 Å². The fourth-order valence-electron chi connectivity index (χ4n) is 4.78. The number of aliphatic hydroxyl groups excluding tert-OH is 2. The number of aromatic hydroxyl groups is 9. The third kappa shape index (κ3) is 4.97. The van der Waals surface area contributed by atoms with Crippen molar-refractivity contribution in [1.29, 1.82) is 0 Å². The molecule has 5 rings (SSSR count). The molecule has 2 heterocycles. The van der Waals surface area contributed by atoms with Gasteiger partial charge in [0, 0.05) is 11.1 Å². The number of aliphatic hydroxyl groups is 2. The van der Waals surface area contributed by atoms with E-state index in [1.54, 1.807) is 0 Å². The minimum absolute atomic E-state index is 0.602. The number of fused-ring (bicyclic) bond motifs is 4. The molecule has 0 saturated carbocycles. The van der Waals surface area contributed by atoms with Gasteiger partial charge in [-0.3, -0.25) is 0 Å². The van der Waals surface area contributed by atoms with Gasteiger partial charge in [-0.15, -0.1) is 0 Å². The van der Waals surface area contributed by atoms with Crippen molar-refractivity contribution in [2.24, 2.45) is 0 Å². The Labute approximate surface area is 248 Å². The van der Waals surface area contributed by atoms with Crippen LogP contribution in [0.5, 0.6) is 51.7 Å². The van der Waals surface area contributed by atoms with E-state index in [-0.39, 0.29) is 0 Å². The van der Waals surface area contributed by atoms with E-state index < -0.39 is 135 Å². The molecule has 11 N–H and O–H groups in total. The lowest BCUT2D eigenvalue weighted by Gasteiger charge is -2.42. The van der Waals surface area contributed by atoms with Crippen LogP contribution in [0.4, 0.5) is 0 Å². The quantitative estimate of drug-likeness (QED) is 0.100. The van der Waals surface area contributed by atoms with Gasteiger partial charge in [0.1, 0.15) is 23.3 Å². The summed E-state index contributed by atoms with van der Waals surface area (Å²) in [5.41, 5.74) is -3.93. The average molecular weight is 634 g/mol. The maximum atomic E-state index is 13.6. The van der Waals surface area contributed by atoms with E-state index in [1.165, 1.54) is 0 Å². The molecule has 3 aromatic rings. The first-order valence-electron chi connectivity index (χ1n) is 12.5. The van der Waals surface area contributed by atoms with Crippen molar-refractivity contribution < 1.29 is 89.5 Å². The summed E-state index contributed by atoms with van der Waals surface area (Å²) in [6.07, 6.45) is -10.3. The molecular formula is C27H22O18. The zero-order valence-electron chi connectivity index (χ0n) is 22.2. The molecule has 0 radical (unpaired) electrons. The zero-order valence-corrected chi connectivity index (χ0v) is 22.2. The topological polar surface area (TPSA) is 311 Å². The second-order valence-electron chi connectivity index (χ2n) is 9.76. The highest BCUT2D eigenvalue weighted by Crippen LogP contribution is 2.50. The van der Waals surface area contributed by atoms with E-state index in [0.29, 0.717) is 24.3 Å². The third-order valence-electron chi connectivity index (χ3n) is 7.02. The summed E-state index contributed by atoms with van der Waals surface area (Å²) in [6.45, 7) is -1.02. The summed E-state index contributed by atoms with van der Waals surface area (Å²) in [4.78, 5) is 40.0. The summed E-state index contributed by atoms with van der Waals surface area (Å²) in [5.74, 6) is -14.8. The first-order chi connectivity index (χ1) is 21.2. The third-order valence-corrected chi connectivity index (χ3v) is 7.02. The molecule has 0 spiro atoms. The highest BCUT2D eigenvalue weighted by atomic mass is 16.7. The van der Waals surface area contributed by atoms with E-state index in [9.17, 15) is 70.6 Å². The normalized spacial score (nSPS) is 22.7. The molecule has 1 fully saturated rings. The van der Waals surface area contributed by atoms with Crippen molar-refractivity contribution in [3.63, 3.8) is 0 Å². The Bertz CT molecular complexity index is 1730. The van der Waals surface area contributed by atoms with Crippen LogP contribution in [0.15, 0.2) is 24.3 Å². The van der Waals surface area contributed by atoms with Crippen LogP contribution in [0.1, 0.15) is 31.1 Å². The molecule has 18 nitrogen and oxygen atoms in total. The van der Waals surface area contributed by atoms with E-state index in [1.807, 2.05) is 0 Å². The van der Waals surface area contributed by atoms with Gasteiger partial charge in [-0.25, -0.2) is 14.4 Å². The van der Waals surface area contributed by atoms with Crippen LogP contribution in [0.2, 0.25) is 0 Å². The van der Waals surface area contributed by atoms with Gasteiger partial charge in [-0.05, 0) is 24.3 Å². The maximum Gasteiger partial charge on any atom is 0.343 e.